The van der Waals surface area contributed by atoms with E-state index in [0.29, 0.717) is 11.3 Å². The molecule has 18 heavy (non-hydrogen) atoms. The first kappa shape index (κ1) is 14.2. The molecule has 0 aliphatic heterocycles. The summed E-state index contributed by atoms with van der Waals surface area (Å²) >= 11 is 0. The van der Waals surface area contributed by atoms with Crippen LogP contribution < -0.4 is 10.1 Å². The third-order valence-corrected chi connectivity index (χ3v) is 2.66. The maximum absolute atomic E-state index is 12.2. The number of ketones is 1. The van der Waals surface area contributed by atoms with Crippen LogP contribution in [0.1, 0.15) is 22.3 Å². The van der Waals surface area contributed by atoms with Crippen molar-refractivity contribution < 1.29 is 19.4 Å². The van der Waals surface area contributed by atoms with Gasteiger partial charge < -0.3 is 15.2 Å². The average Bonchev–Trinajstić information content (AvgIpc) is 2.34. The molecule has 0 spiro atoms. The molecule has 1 unspecified atom stereocenters. The summed E-state index contributed by atoms with van der Waals surface area (Å²) in [6, 6.07) is 4.49. The zero-order valence-electron chi connectivity index (χ0n) is 10.7. The van der Waals surface area contributed by atoms with Crippen molar-refractivity contribution in [2.75, 3.05) is 14.2 Å². The molecule has 5 heteroatoms. The van der Waals surface area contributed by atoms with Crippen LogP contribution in [0.4, 0.5) is 0 Å². The molecule has 0 saturated heterocycles. The third-order valence-electron chi connectivity index (χ3n) is 2.66. The standard InChI is InChI=1S/C13H17NO4/c1-8-4-5-11(18-3)9(6-8)13(17)10(14-2)7-12(15)16/h4-6,10,14H,7H2,1-3H3,(H,15,16). The molecule has 5 nitrogen and oxygen atoms in total. The first-order chi connectivity index (χ1) is 8.49. The Bertz CT molecular complexity index is 456. The van der Waals surface area contributed by atoms with Gasteiger partial charge in [0.1, 0.15) is 5.75 Å². The predicted molar refractivity (Wildman–Crippen MR) is 67.2 cm³/mol. The first-order valence-corrected chi connectivity index (χ1v) is 5.57. The van der Waals surface area contributed by atoms with Crippen molar-refractivity contribution in [2.24, 2.45) is 0 Å². The molecular weight excluding hydrogens is 234 g/mol. The lowest BCUT2D eigenvalue weighted by Crippen LogP contribution is -2.36. The Morgan fingerprint density at radius 2 is 2.11 bits per heavy atom. The molecule has 0 bridgehead atoms. The summed E-state index contributed by atoms with van der Waals surface area (Å²) in [5, 5.41) is 11.5. The van der Waals surface area contributed by atoms with Crippen LogP contribution in [0.15, 0.2) is 18.2 Å². The lowest BCUT2D eigenvalue weighted by Gasteiger charge is -2.15. The van der Waals surface area contributed by atoms with Crippen LogP contribution in [0.25, 0.3) is 0 Å². The summed E-state index contributed by atoms with van der Waals surface area (Å²) in [5.41, 5.74) is 1.32. The van der Waals surface area contributed by atoms with Crippen molar-refractivity contribution in [3.05, 3.63) is 29.3 Å². The average molecular weight is 251 g/mol. The van der Waals surface area contributed by atoms with Gasteiger partial charge in [-0.1, -0.05) is 11.6 Å². The van der Waals surface area contributed by atoms with Crippen LogP contribution in [0.5, 0.6) is 5.75 Å². The maximum atomic E-state index is 12.2. The van der Waals surface area contributed by atoms with Gasteiger partial charge in [-0.05, 0) is 26.1 Å². The molecule has 1 rings (SSSR count). The minimum atomic E-state index is -1.02. The summed E-state index contributed by atoms with van der Waals surface area (Å²) in [6.07, 6.45) is -0.258. The van der Waals surface area contributed by atoms with E-state index in [0.717, 1.165) is 5.56 Å². The highest BCUT2D eigenvalue weighted by Crippen LogP contribution is 2.21. The topological polar surface area (TPSA) is 75.6 Å². The van der Waals surface area contributed by atoms with E-state index in [4.69, 9.17) is 9.84 Å². The smallest absolute Gasteiger partial charge is 0.305 e. The van der Waals surface area contributed by atoms with E-state index in [1.54, 1.807) is 19.2 Å². The largest absolute Gasteiger partial charge is 0.496 e. The van der Waals surface area contributed by atoms with Crippen molar-refractivity contribution >= 4 is 11.8 Å². The zero-order valence-corrected chi connectivity index (χ0v) is 10.7. The molecule has 1 aromatic rings. The van der Waals surface area contributed by atoms with Crippen molar-refractivity contribution in [1.82, 2.24) is 5.32 Å². The molecule has 1 aromatic carbocycles. The summed E-state index contributed by atoms with van der Waals surface area (Å²) < 4.78 is 5.13. The van der Waals surface area contributed by atoms with E-state index in [-0.39, 0.29) is 12.2 Å². The molecule has 0 fully saturated rings. The zero-order chi connectivity index (χ0) is 13.7. The molecule has 1 atom stereocenters. The van der Waals surface area contributed by atoms with Gasteiger partial charge >= 0.3 is 5.97 Å². The first-order valence-electron chi connectivity index (χ1n) is 5.57. The molecule has 0 aromatic heterocycles. The van der Waals surface area contributed by atoms with E-state index in [9.17, 15) is 9.59 Å². The van der Waals surface area contributed by atoms with E-state index in [2.05, 4.69) is 5.32 Å². The fourth-order valence-corrected chi connectivity index (χ4v) is 1.70. The van der Waals surface area contributed by atoms with E-state index >= 15 is 0 Å². The molecule has 0 radical (unpaired) electrons. The number of benzene rings is 1. The number of rotatable bonds is 6. The number of ether oxygens (including phenoxy) is 1. The molecule has 2 N–H and O–H groups in total. The Hall–Kier alpha value is -1.88. The Labute approximate surface area is 106 Å². The van der Waals surface area contributed by atoms with Gasteiger partial charge in [0, 0.05) is 0 Å². The number of Topliss-reactive ketones (excluding diaryl/α,β-unsaturated/α-hetero) is 1. The van der Waals surface area contributed by atoms with Gasteiger partial charge in [-0.15, -0.1) is 0 Å². The van der Waals surface area contributed by atoms with E-state index in [1.807, 2.05) is 13.0 Å². The predicted octanol–water partition coefficient (Wildman–Crippen LogP) is 1.25. The second-order valence-corrected chi connectivity index (χ2v) is 4.01. The molecule has 0 aliphatic rings. The van der Waals surface area contributed by atoms with Crippen molar-refractivity contribution in [2.45, 2.75) is 19.4 Å². The Kier molecular flexibility index (Phi) is 4.85. The Morgan fingerprint density at radius 3 is 2.61 bits per heavy atom. The van der Waals surface area contributed by atoms with Gasteiger partial charge in [0.2, 0.25) is 0 Å². The quantitative estimate of drug-likeness (QED) is 0.744. The number of methoxy groups -OCH3 is 1. The monoisotopic (exact) mass is 251 g/mol. The molecular formula is C13H17NO4. The van der Waals surface area contributed by atoms with Gasteiger partial charge in [-0.25, -0.2) is 0 Å². The van der Waals surface area contributed by atoms with Crippen LogP contribution in [0.2, 0.25) is 0 Å². The molecule has 0 aliphatic carbocycles. The third kappa shape index (κ3) is 3.30. The lowest BCUT2D eigenvalue weighted by atomic mass is 9.99. The van der Waals surface area contributed by atoms with Crippen LogP contribution >= 0.6 is 0 Å². The molecule has 98 valence electrons. The van der Waals surface area contributed by atoms with Gasteiger partial charge in [-0.2, -0.15) is 0 Å². The SMILES string of the molecule is CNC(CC(=O)O)C(=O)c1cc(C)ccc1OC. The van der Waals surface area contributed by atoms with Crippen LogP contribution in [0, 0.1) is 6.92 Å². The summed E-state index contributed by atoms with van der Waals surface area (Å²) in [5.74, 6) is -0.842. The van der Waals surface area contributed by atoms with Gasteiger partial charge in [-0.3, -0.25) is 9.59 Å². The van der Waals surface area contributed by atoms with Crippen molar-refractivity contribution in [1.29, 1.82) is 0 Å². The Balaban J connectivity index is 3.07. The molecule has 0 saturated carbocycles. The highest BCUT2D eigenvalue weighted by molar-refractivity contribution is 6.03. The number of aliphatic carboxylic acids is 1. The maximum Gasteiger partial charge on any atom is 0.305 e. The van der Waals surface area contributed by atoms with Gasteiger partial charge in [0.15, 0.2) is 5.78 Å². The number of carbonyl (C=O) groups excluding carboxylic acids is 1. The number of likely N-dealkylation sites (N-methyl/N-ethyl adjacent to an activating group) is 1. The molecule has 0 amide bonds. The summed E-state index contributed by atoms with van der Waals surface area (Å²) in [6.45, 7) is 1.86. The number of carbonyl (C=O) groups is 2. The highest BCUT2D eigenvalue weighted by atomic mass is 16.5. The highest BCUT2D eigenvalue weighted by Gasteiger charge is 2.23. The number of carboxylic acids is 1. The Morgan fingerprint density at radius 1 is 1.44 bits per heavy atom. The minimum absolute atomic E-state index is 0.258. The second-order valence-electron chi connectivity index (χ2n) is 4.01. The van der Waals surface area contributed by atoms with Gasteiger partial charge in [0.25, 0.3) is 0 Å². The molecule has 0 heterocycles. The normalized spacial score (nSPS) is 11.9. The number of hydrogen-bond donors (Lipinski definition) is 2. The minimum Gasteiger partial charge on any atom is -0.496 e. The van der Waals surface area contributed by atoms with Crippen LogP contribution in [-0.4, -0.2) is 37.1 Å². The lowest BCUT2D eigenvalue weighted by molar-refractivity contribution is -0.137. The van der Waals surface area contributed by atoms with E-state index in [1.165, 1.54) is 7.11 Å². The summed E-state index contributed by atoms with van der Waals surface area (Å²) in [4.78, 5) is 22.9. The second kappa shape index (κ2) is 6.16. The van der Waals surface area contributed by atoms with Crippen molar-refractivity contribution in [3.8, 4) is 5.75 Å². The fraction of sp³-hybridized carbons (Fsp3) is 0.385. The number of aryl methyl sites for hydroxylation is 1. The number of nitrogens with one attached hydrogen (secondary N) is 1. The fourth-order valence-electron chi connectivity index (χ4n) is 1.70. The number of carboxylic acid groups (broad SMARTS) is 1. The van der Waals surface area contributed by atoms with E-state index < -0.39 is 12.0 Å². The number of hydrogen-bond acceptors (Lipinski definition) is 4. The van der Waals surface area contributed by atoms with Crippen LogP contribution in [-0.2, 0) is 4.79 Å². The summed E-state index contributed by atoms with van der Waals surface area (Å²) in [7, 11) is 3.04. The van der Waals surface area contributed by atoms with Crippen molar-refractivity contribution in [3.63, 3.8) is 0 Å². The van der Waals surface area contributed by atoms with Gasteiger partial charge in [0.05, 0.1) is 25.1 Å². The van der Waals surface area contributed by atoms with Crippen LogP contribution in [0.3, 0.4) is 0 Å².